The van der Waals surface area contributed by atoms with Crippen molar-refractivity contribution in [3.8, 4) is 0 Å². The zero-order chi connectivity index (χ0) is 10.9. The van der Waals surface area contributed by atoms with E-state index in [4.69, 9.17) is 0 Å². The van der Waals surface area contributed by atoms with Crippen LogP contribution in [0.2, 0.25) is 0 Å². The van der Waals surface area contributed by atoms with E-state index in [9.17, 15) is 0 Å². The normalized spacial score (nSPS) is 36.2. The van der Waals surface area contributed by atoms with Gasteiger partial charge in [-0.15, -0.1) is 0 Å². The second kappa shape index (κ2) is 4.45. The number of rotatable bonds is 4. The molecule has 2 aliphatic rings. The van der Waals surface area contributed by atoms with Crippen molar-refractivity contribution in [1.29, 1.82) is 0 Å². The molecule has 15 heavy (non-hydrogen) atoms. The molecule has 0 radical (unpaired) electrons. The second-order valence-corrected chi connectivity index (χ2v) is 6.10. The molecule has 0 aliphatic heterocycles. The van der Waals surface area contributed by atoms with Gasteiger partial charge in [0, 0.05) is 12.1 Å². The molecule has 0 aromatic carbocycles. The molecule has 0 heterocycles. The summed E-state index contributed by atoms with van der Waals surface area (Å²) in [5, 5.41) is 3.92. The summed E-state index contributed by atoms with van der Waals surface area (Å²) in [5.74, 6) is 0.948. The van der Waals surface area contributed by atoms with Crippen LogP contribution in [0.4, 0.5) is 0 Å². The van der Waals surface area contributed by atoms with E-state index in [-0.39, 0.29) is 0 Å². The van der Waals surface area contributed by atoms with Crippen LogP contribution < -0.4 is 5.32 Å². The second-order valence-electron chi connectivity index (χ2n) is 6.10. The van der Waals surface area contributed by atoms with Crippen molar-refractivity contribution in [2.75, 3.05) is 0 Å². The predicted molar refractivity (Wildman–Crippen MR) is 66.0 cm³/mol. The highest BCUT2D eigenvalue weighted by molar-refractivity contribution is 4.98. The van der Waals surface area contributed by atoms with Crippen LogP contribution in [0.1, 0.15) is 65.7 Å². The summed E-state index contributed by atoms with van der Waals surface area (Å²) < 4.78 is 0. The van der Waals surface area contributed by atoms with Crippen LogP contribution in [0.25, 0.3) is 0 Å². The van der Waals surface area contributed by atoms with Crippen molar-refractivity contribution in [3.63, 3.8) is 0 Å². The topological polar surface area (TPSA) is 12.0 Å². The molecular formula is C14H27N. The van der Waals surface area contributed by atoms with Crippen LogP contribution in [-0.2, 0) is 0 Å². The van der Waals surface area contributed by atoms with Gasteiger partial charge in [-0.3, -0.25) is 0 Å². The Bertz CT molecular complexity index is 207. The van der Waals surface area contributed by atoms with Gasteiger partial charge in [-0.05, 0) is 43.9 Å². The standard InChI is InChI=1S/C14H27N/c1-4-12-7-5-6-8-13(12)15-11(2)14(3)9-10-14/h11-13,15H,4-10H2,1-3H3. The molecule has 0 amide bonds. The van der Waals surface area contributed by atoms with Gasteiger partial charge < -0.3 is 5.32 Å². The zero-order valence-corrected chi connectivity index (χ0v) is 10.7. The molecule has 3 unspecified atom stereocenters. The maximum atomic E-state index is 3.92. The van der Waals surface area contributed by atoms with Gasteiger partial charge in [-0.2, -0.15) is 0 Å². The number of nitrogens with one attached hydrogen (secondary N) is 1. The maximum absolute atomic E-state index is 3.92. The van der Waals surface area contributed by atoms with E-state index in [1.54, 1.807) is 0 Å². The van der Waals surface area contributed by atoms with Crippen LogP contribution in [0.3, 0.4) is 0 Å². The molecule has 2 fully saturated rings. The van der Waals surface area contributed by atoms with Crippen molar-refractivity contribution in [2.45, 2.75) is 77.8 Å². The lowest BCUT2D eigenvalue weighted by Crippen LogP contribution is -2.46. The summed E-state index contributed by atoms with van der Waals surface area (Å²) in [6.45, 7) is 7.19. The summed E-state index contributed by atoms with van der Waals surface area (Å²) in [4.78, 5) is 0. The first kappa shape index (κ1) is 11.4. The molecule has 1 N–H and O–H groups in total. The van der Waals surface area contributed by atoms with Gasteiger partial charge in [0.15, 0.2) is 0 Å². The van der Waals surface area contributed by atoms with Gasteiger partial charge in [0.05, 0.1) is 0 Å². The van der Waals surface area contributed by atoms with E-state index in [0.29, 0.717) is 5.41 Å². The molecule has 0 spiro atoms. The Morgan fingerprint density at radius 1 is 1.27 bits per heavy atom. The molecule has 2 rings (SSSR count). The van der Waals surface area contributed by atoms with Crippen LogP contribution in [0.5, 0.6) is 0 Å². The highest BCUT2D eigenvalue weighted by Gasteiger charge is 2.43. The molecule has 3 atom stereocenters. The molecule has 88 valence electrons. The summed E-state index contributed by atoms with van der Waals surface area (Å²) >= 11 is 0. The van der Waals surface area contributed by atoms with Crippen LogP contribution >= 0.6 is 0 Å². The van der Waals surface area contributed by atoms with Gasteiger partial charge >= 0.3 is 0 Å². The Morgan fingerprint density at radius 3 is 2.53 bits per heavy atom. The molecular weight excluding hydrogens is 182 g/mol. The van der Waals surface area contributed by atoms with Gasteiger partial charge in [0.25, 0.3) is 0 Å². The lowest BCUT2D eigenvalue weighted by atomic mass is 9.82. The molecule has 0 aromatic rings. The number of hydrogen-bond donors (Lipinski definition) is 1. The fraction of sp³-hybridized carbons (Fsp3) is 1.00. The predicted octanol–water partition coefficient (Wildman–Crippen LogP) is 3.73. The fourth-order valence-corrected chi connectivity index (χ4v) is 3.07. The van der Waals surface area contributed by atoms with Crippen molar-refractivity contribution < 1.29 is 0 Å². The van der Waals surface area contributed by atoms with Gasteiger partial charge in [0.2, 0.25) is 0 Å². The van der Waals surface area contributed by atoms with Crippen molar-refractivity contribution in [3.05, 3.63) is 0 Å². The Labute approximate surface area is 95.0 Å². The third-order valence-electron chi connectivity index (χ3n) is 4.98. The van der Waals surface area contributed by atoms with E-state index in [1.807, 2.05) is 0 Å². The molecule has 0 aromatic heterocycles. The van der Waals surface area contributed by atoms with Gasteiger partial charge in [-0.25, -0.2) is 0 Å². The SMILES string of the molecule is CCC1CCCCC1NC(C)C1(C)CC1. The first-order valence-electron chi connectivity index (χ1n) is 6.92. The molecule has 0 saturated heterocycles. The minimum Gasteiger partial charge on any atom is -0.311 e. The van der Waals surface area contributed by atoms with E-state index in [0.717, 1.165) is 18.0 Å². The molecule has 2 saturated carbocycles. The van der Waals surface area contributed by atoms with Gasteiger partial charge in [0.1, 0.15) is 0 Å². The van der Waals surface area contributed by atoms with Crippen molar-refractivity contribution in [1.82, 2.24) is 5.32 Å². The largest absolute Gasteiger partial charge is 0.311 e. The first-order chi connectivity index (χ1) is 7.15. The minimum atomic E-state index is 0.635. The summed E-state index contributed by atoms with van der Waals surface area (Å²) in [7, 11) is 0. The van der Waals surface area contributed by atoms with Crippen molar-refractivity contribution in [2.24, 2.45) is 11.3 Å². The zero-order valence-electron chi connectivity index (χ0n) is 10.7. The smallest absolute Gasteiger partial charge is 0.00979 e. The van der Waals surface area contributed by atoms with Crippen molar-refractivity contribution >= 4 is 0 Å². The first-order valence-corrected chi connectivity index (χ1v) is 6.92. The Hall–Kier alpha value is -0.0400. The summed E-state index contributed by atoms with van der Waals surface area (Å²) in [6, 6.07) is 1.55. The van der Waals surface area contributed by atoms with Crippen LogP contribution in [-0.4, -0.2) is 12.1 Å². The lowest BCUT2D eigenvalue weighted by Gasteiger charge is -2.35. The lowest BCUT2D eigenvalue weighted by molar-refractivity contribution is 0.215. The third kappa shape index (κ3) is 2.55. The quantitative estimate of drug-likeness (QED) is 0.744. The third-order valence-corrected chi connectivity index (χ3v) is 4.98. The fourth-order valence-electron chi connectivity index (χ4n) is 3.07. The number of hydrogen-bond acceptors (Lipinski definition) is 1. The molecule has 1 nitrogen and oxygen atoms in total. The summed E-state index contributed by atoms with van der Waals surface area (Å²) in [6.07, 6.45) is 10.0. The Balaban J connectivity index is 1.85. The Morgan fingerprint density at radius 2 is 1.93 bits per heavy atom. The Kier molecular flexibility index (Phi) is 3.39. The highest BCUT2D eigenvalue weighted by atomic mass is 15.0. The molecule has 2 aliphatic carbocycles. The van der Waals surface area contributed by atoms with E-state index < -0.39 is 0 Å². The van der Waals surface area contributed by atoms with E-state index >= 15 is 0 Å². The maximum Gasteiger partial charge on any atom is 0.00979 e. The average Bonchev–Trinajstić information content (AvgIpc) is 2.99. The minimum absolute atomic E-state index is 0.635. The van der Waals surface area contributed by atoms with Crippen LogP contribution in [0, 0.1) is 11.3 Å². The molecule has 0 bridgehead atoms. The summed E-state index contributed by atoms with van der Waals surface area (Å²) in [5.41, 5.74) is 0.635. The van der Waals surface area contributed by atoms with Gasteiger partial charge in [-0.1, -0.05) is 33.1 Å². The van der Waals surface area contributed by atoms with E-state index in [1.165, 1.54) is 44.9 Å². The average molecular weight is 209 g/mol. The molecule has 1 heteroatoms. The monoisotopic (exact) mass is 209 g/mol. The highest BCUT2D eigenvalue weighted by Crippen LogP contribution is 2.48. The van der Waals surface area contributed by atoms with E-state index in [2.05, 4.69) is 26.1 Å². The van der Waals surface area contributed by atoms with Crippen LogP contribution in [0.15, 0.2) is 0 Å².